The van der Waals surface area contributed by atoms with Crippen LogP contribution in [0.5, 0.6) is 0 Å². The van der Waals surface area contributed by atoms with Gasteiger partial charge in [0.25, 0.3) is 5.69 Å². The van der Waals surface area contributed by atoms with Gasteiger partial charge in [-0.2, -0.15) is 0 Å². The first kappa shape index (κ1) is 16.1. The number of nitro groups is 1. The highest BCUT2D eigenvalue weighted by Crippen LogP contribution is 2.13. The summed E-state index contributed by atoms with van der Waals surface area (Å²) >= 11 is 0. The minimum atomic E-state index is -0.426. The number of hydrogen-bond acceptors (Lipinski definition) is 4. The average Bonchev–Trinajstić information content (AvgIpc) is 2.26. The van der Waals surface area contributed by atoms with Crippen LogP contribution >= 0.6 is 0 Å². The second-order valence-electron chi connectivity index (χ2n) is 5.89. The number of nitrogens with one attached hydrogen (secondary N) is 1. The van der Waals surface area contributed by atoms with Crippen molar-refractivity contribution in [1.82, 2.24) is 10.2 Å². The summed E-state index contributed by atoms with van der Waals surface area (Å²) in [7, 11) is 1.84. The van der Waals surface area contributed by atoms with Crippen molar-refractivity contribution in [3.05, 3.63) is 39.9 Å². The zero-order chi connectivity index (χ0) is 15.3. The number of carbonyl (C=O) groups is 1. The maximum Gasteiger partial charge on any atom is 0.269 e. The first-order valence-electron chi connectivity index (χ1n) is 6.40. The van der Waals surface area contributed by atoms with Gasteiger partial charge in [0.1, 0.15) is 0 Å². The average molecular weight is 279 g/mol. The predicted molar refractivity (Wildman–Crippen MR) is 77.3 cm³/mol. The first-order valence-corrected chi connectivity index (χ1v) is 6.40. The Hall–Kier alpha value is -1.95. The lowest BCUT2D eigenvalue weighted by molar-refractivity contribution is -0.384. The molecule has 0 aliphatic carbocycles. The molecule has 1 N–H and O–H groups in total. The molecule has 0 atom stereocenters. The molecule has 0 fully saturated rings. The van der Waals surface area contributed by atoms with Crippen LogP contribution in [0.2, 0.25) is 0 Å². The van der Waals surface area contributed by atoms with Crippen LogP contribution in [0.4, 0.5) is 5.69 Å². The van der Waals surface area contributed by atoms with Crippen LogP contribution < -0.4 is 5.32 Å². The quantitative estimate of drug-likeness (QED) is 0.660. The predicted octanol–water partition coefficient (Wildman–Crippen LogP) is 1.94. The molecule has 1 rings (SSSR count). The molecular formula is C14H21N3O3. The van der Waals surface area contributed by atoms with Crippen LogP contribution in [0.25, 0.3) is 0 Å². The third-order valence-corrected chi connectivity index (χ3v) is 2.53. The third kappa shape index (κ3) is 5.79. The molecule has 110 valence electrons. The Morgan fingerprint density at radius 3 is 2.30 bits per heavy atom. The number of rotatable bonds is 5. The molecule has 20 heavy (non-hydrogen) atoms. The van der Waals surface area contributed by atoms with E-state index in [9.17, 15) is 14.9 Å². The highest BCUT2D eigenvalue weighted by atomic mass is 16.6. The number of nitrogens with zero attached hydrogens (tertiary/aromatic N) is 2. The standard InChI is InChI=1S/C14H21N3O3/c1-14(2,3)15-13(18)10-16(4)9-11-5-7-12(8-6-11)17(19)20/h5-8H,9-10H2,1-4H3,(H,15,18). The zero-order valence-electron chi connectivity index (χ0n) is 12.3. The number of non-ortho nitro benzene ring substituents is 1. The van der Waals surface area contributed by atoms with E-state index in [0.717, 1.165) is 5.56 Å². The van der Waals surface area contributed by atoms with Gasteiger partial charge in [-0.05, 0) is 33.4 Å². The monoisotopic (exact) mass is 279 g/mol. The summed E-state index contributed by atoms with van der Waals surface area (Å²) in [5.41, 5.74) is 0.759. The van der Waals surface area contributed by atoms with Crippen LogP contribution in [-0.2, 0) is 11.3 Å². The Morgan fingerprint density at radius 1 is 1.30 bits per heavy atom. The van der Waals surface area contributed by atoms with Crippen molar-refractivity contribution in [2.75, 3.05) is 13.6 Å². The molecule has 1 aromatic carbocycles. The van der Waals surface area contributed by atoms with Crippen LogP contribution in [-0.4, -0.2) is 34.9 Å². The third-order valence-electron chi connectivity index (χ3n) is 2.53. The molecule has 0 saturated carbocycles. The van der Waals surface area contributed by atoms with E-state index in [1.165, 1.54) is 12.1 Å². The van der Waals surface area contributed by atoms with Crippen molar-refractivity contribution in [2.45, 2.75) is 32.9 Å². The van der Waals surface area contributed by atoms with Gasteiger partial charge in [-0.1, -0.05) is 12.1 Å². The normalized spacial score (nSPS) is 11.4. The van der Waals surface area contributed by atoms with Gasteiger partial charge in [-0.25, -0.2) is 0 Å². The van der Waals surface area contributed by atoms with Gasteiger partial charge < -0.3 is 5.32 Å². The summed E-state index contributed by atoms with van der Waals surface area (Å²) in [6.45, 7) is 6.65. The van der Waals surface area contributed by atoms with E-state index >= 15 is 0 Å². The maximum atomic E-state index is 11.8. The van der Waals surface area contributed by atoms with Gasteiger partial charge in [-0.15, -0.1) is 0 Å². The lowest BCUT2D eigenvalue weighted by Crippen LogP contribution is -2.45. The molecule has 0 aliphatic rings. The highest BCUT2D eigenvalue weighted by Gasteiger charge is 2.15. The molecular weight excluding hydrogens is 258 g/mol. The minimum Gasteiger partial charge on any atom is -0.350 e. The number of likely N-dealkylation sites (N-methyl/N-ethyl adjacent to an activating group) is 1. The summed E-state index contributed by atoms with van der Waals surface area (Å²) in [6.07, 6.45) is 0. The molecule has 0 bridgehead atoms. The van der Waals surface area contributed by atoms with E-state index in [0.29, 0.717) is 6.54 Å². The minimum absolute atomic E-state index is 0.0399. The van der Waals surface area contributed by atoms with Crippen molar-refractivity contribution in [1.29, 1.82) is 0 Å². The second-order valence-corrected chi connectivity index (χ2v) is 5.89. The van der Waals surface area contributed by atoms with E-state index in [2.05, 4.69) is 5.32 Å². The Labute approximate surface area is 118 Å². The summed E-state index contributed by atoms with van der Waals surface area (Å²) in [4.78, 5) is 23.8. The fraction of sp³-hybridized carbons (Fsp3) is 0.500. The van der Waals surface area contributed by atoms with Crippen LogP contribution in [0, 0.1) is 10.1 Å². The molecule has 6 heteroatoms. The van der Waals surface area contributed by atoms with E-state index in [1.54, 1.807) is 12.1 Å². The number of benzene rings is 1. The largest absolute Gasteiger partial charge is 0.350 e. The molecule has 0 saturated heterocycles. The molecule has 0 aliphatic heterocycles. The zero-order valence-corrected chi connectivity index (χ0v) is 12.3. The van der Waals surface area contributed by atoms with Crippen LogP contribution in [0.15, 0.2) is 24.3 Å². The fourth-order valence-corrected chi connectivity index (χ4v) is 1.79. The van der Waals surface area contributed by atoms with Gasteiger partial charge in [0.15, 0.2) is 0 Å². The second kappa shape index (κ2) is 6.47. The Balaban J connectivity index is 2.52. The SMILES string of the molecule is CN(CC(=O)NC(C)(C)C)Cc1ccc([N+](=O)[O-])cc1. The smallest absolute Gasteiger partial charge is 0.269 e. The van der Waals surface area contributed by atoms with Gasteiger partial charge in [0.2, 0.25) is 5.91 Å². The summed E-state index contributed by atoms with van der Waals surface area (Å²) in [6, 6.07) is 6.35. The summed E-state index contributed by atoms with van der Waals surface area (Å²) in [5.74, 6) is -0.0399. The maximum absolute atomic E-state index is 11.8. The molecule has 0 unspecified atom stereocenters. The van der Waals surface area contributed by atoms with Gasteiger partial charge >= 0.3 is 0 Å². The number of hydrogen-bond donors (Lipinski definition) is 1. The molecule has 0 radical (unpaired) electrons. The Morgan fingerprint density at radius 2 is 1.85 bits per heavy atom. The highest BCUT2D eigenvalue weighted by molar-refractivity contribution is 5.78. The van der Waals surface area contributed by atoms with Crippen molar-refractivity contribution < 1.29 is 9.72 Å². The topological polar surface area (TPSA) is 75.5 Å². The molecule has 0 aromatic heterocycles. The van der Waals surface area contributed by atoms with Crippen molar-refractivity contribution in [3.8, 4) is 0 Å². The Kier molecular flexibility index (Phi) is 5.21. The lowest BCUT2D eigenvalue weighted by atomic mass is 10.1. The number of carbonyl (C=O) groups excluding carboxylic acids is 1. The van der Waals surface area contributed by atoms with Gasteiger partial charge in [-0.3, -0.25) is 19.8 Å². The van der Waals surface area contributed by atoms with Crippen molar-refractivity contribution >= 4 is 11.6 Å². The van der Waals surface area contributed by atoms with Gasteiger partial charge in [0, 0.05) is 24.2 Å². The lowest BCUT2D eigenvalue weighted by Gasteiger charge is -2.23. The van der Waals surface area contributed by atoms with E-state index in [4.69, 9.17) is 0 Å². The molecule has 0 heterocycles. The van der Waals surface area contributed by atoms with E-state index in [-0.39, 0.29) is 23.7 Å². The first-order chi connectivity index (χ1) is 9.17. The molecule has 1 aromatic rings. The summed E-state index contributed by atoms with van der Waals surface area (Å²) in [5, 5.41) is 13.4. The Bertz CT molecular complexity index is 477. The van der Waals surface area contributed by atoms with Crippen LogP contribution in [0.1, 0.15) is 26.3 Å². The molecule has 0 spiro atoms. The van der Waals surface area contributed by atoms with Crippen molar-refractivity contribution in [3.63, 3.8) is 0 Å². The van der Waals surface area contributed by atoms with Crippen LogP contribution in [0.3, 0.4) is 0 Å². The fourth-order valence-electron chi connectivity index (χ4n) is 1.79. The summed E-state index contributed by atoms with van der Waals surface area (Å²) < 4.78 is 0. The number of nitro benzene ring substituents is 1. The van der Waals surface area contributed by atoms with Gasteiger partial charge in [0.05, 0.1) is 11.5 Å². The molecule has 6 nitrogen and oxygen atoms in total. The molecule has 1 amide bonds. The number of amides is 1. The van der Waals surface area contributed by atoms with Crippen molar-refractivity contribution in [2.24, 2.45) is 0 Å². The van der Waals surface area contributed by atoms with E-state index in [1.807, 2.05) is 32.7 Å². The van der Waals surface area contributed by atoms with E-state index < -0.39 is 4.92 Å².